The molecule has 1 aromatic carbocycles. The summed E-state index contributed by atoms with van der Waals surface area (Å²) in [6.45, 7) is 2.11. The summed E-state index contributed by atoms with van der Waals surface area (Å²) in [4.78, 5) is 36.1. The predicted molar refractivity (Wildman–Crippen MR) is 142 cm³/mol. The number of fused-ring (bicyclic) bond motifs is 2. The molecule has 0 aliphatic heterocycles. The van der Waals surface area contributed by atoms with Crippen LogP contribution in [0.2, 0.25) is 0 Å². The minimum absolute atomic E-state index is 0.00210. The van der Waals surface area contributed by atoms with Crippen LogP contribution in [0.1, 0.15) is 39.4 Å². The third-order valence-electron chi connectivity index (χ3n) is 6.79. The monoisotopic (exact) mass is 498 g/mol. The number of benzene rings is 1. The van der Waals surface area contributed by atoms with Crippen LogP contribution in [0.25, 0.3) is 21.3 Å². The number of rotatable bonds is 4. The lowest BCUT2D eigenvalue weighted by atomic mass is 9.92. The Morgan fingerprint density at radius 1 is 1.25 bits per heavy atom. The Balaban J connectivity index is 1.50. The van der Waals surface area contributed by atoms with Gasteiger partial charge in [0.2, 0.25) is 0 Å². The molecule has 3 aromatic heterocycles. The van der Waals surface area contributed by atoms with E-state index in [0.717, 1.165) is 45.5 Å². The summed E-state index contributed by atoms with van der Waals surface area (Å²) in [6.07, 6.45) is 4.17. The van der Waals surface area contributed by atoms with Crippen LogP contribution in [-0.4, -0.2) is 50.6 Å². The summed E-state index contributed by atoms with van der Waals surface area (Å²) in [5.41, 5.74) is 5.00. The highest BCUT2D eigenvalue weighted by molar-refractivity contribution is 7.18. The molecule has 4 aromatic rings. The number of likely N-dealkylation sites (N-methyl/N-ethyl adjacent to an activating group) is 1. The van der Waals surface area contributed by atoms with Gasteiger partial charge in [-0.25, -0.2) is 9.78 Å². The second-order valence-corrected chi connectivity index (χ2v) is 10.1. The molecule has 1 atom stereocenters. The van der Waals surface area contributed by atoms with E-state index in [9.17, 15) is 14.7 Å². The van der Waals surface area contributed by atoms with Crippen molar-refractivity contribution in [3.63, 3.8) is 0 Å². The number of carboxylic acids is 1. The number of aryl methyl sites for hydroxylation is 2. The number of pyridine rings is 1. The lowest BCUT2D eigenvalue weighted by molar-refractivity contribution is 0.0699. The first-order chi connectivity index (χ1) is 17.3. The van der Waals surface area contributed by atoms with E-state index >= 15 is 0 Å². The normalized spacial score (nSPS) is 14.9. The summed E-state index contributed by atoms with van der Waals surface area (Å²) >= 11 is 1.36. The van der Waals surface area contributed by atoms with E-state index < -0.39 is 5.97 Å². The van der Waals surface area contributed by atoms with Gasteiger partial charge in [0.25, 0.3) is 5.56 Å². The summed E-state index contributed by atoms with van der Waals surface area (Å²) in [5, 5.41) is 11.1. The molecule has 0 radical (unpaired) electrons. The van der Waals surface area contributed by atoms with Crippen molar-refractivity contribution in [2.24, 2.45) is 0 Å². The molecule has 0 bridgehead atoms. The quantitative estimate of drug-likeness (QED) is 0.428. The van der Waals surface area contributed by atoms with Crippen LogP contribution >= 0.6 is 11.3 Å². The van der Waals surface area contributed by atoms with E-state index in [1.807, 2.05) is 51.4 Å². The second kappa shape index (κ2) is 9.69. The van der Waals surface area contributed by atoms with Gasteiger partial charge in [0.15, 0.2) is 0 Å². The number of thiophene rings is 1. The van der Waals surface area contributed by atoms with Gasteiger partial charge >= 0.3 is 5.97 Å². The van der Waals surface area contributed by atoms with Crippen molar-refractivity contribution in [2.45, 2.75) is 38.8 Å². The van der Waals surface area contributed by atoms with Gasteiger partial charge in [-0.05, 0) is 58.0 Å². The molecule has 8 heteroatoms. The van der Waals surface area contributed by atoms with Crippen molar-refractivity contribution >= 4 is 27.5 Å². The van der Waals surface area contributed by atoms with Crippen molar-refractivity contribution in [2.75, 3.05) is 14.1 Å². The SMILES string of the molecule is Cc1nc2c(c(=O)n1CC#Cc1ccccc1-c1ccnc3c(C(=O)O)csc13)CC(N(C)C)CC2. The van der Waals surface area contributed by atoms with E-state index in [0.29, 0.717) is 23.8 Å². The predicted octanol–water partition coefficient (Wildman–Crippen LogP) is 4.00. The lowest BCUT2D eigenvalue weighted by Gasteiger charge is -2.29. The number of nitrogens with zero attached hydrogens (tertiary/aromatic N) is 4. The minimum Gasteiger partial charge on any atom is -0.478 e. The molecule has 1 unspecified atom stereocenters. The molecule has 0 amide bonds. The first-order valence-electron chi connectivity index (χ1n) is 11.8. The molecule has 3 heterocycles. The highest BCUT2D eigenvalue weighted by Crippen LogP contribution is 2.35. The number of hydrogen-bond acceptors (Lipinski definition) is 6. The maximum Gasteiger partial charge on any atom is 0.338 e. The molecule has 0 spiro atoms. The van der Waals surface area contributed by atoms with Gasteiger partial charge in [0, 0.05) is 34.3 Å². The topological polar surface area (TPSA) is 88.3 Å². The minimum atomic E-state index is -0.990. The van der Waals surface area contributed by atoms with Crippen molar-refractivity contribution in [1.82, 2.24) is 19.4 Å². The van der Waals surface area contributed by atoms with Gasteiger partial charge in [-0.15, -0.1) is 11.3 Å². The van der Waals surface area contributed by atoms with E-state index in [1.54, 1.807) is 16.1 Å². The number of aromatic carboxylic acids is 1. The molecular weight excluding hydrogens is 472 g/mol. The Kier molecular flexibility index (Phi) is 6.44. The van der Waals surface area contributed by atoms with Gasteiger partial charge in [-0.2, -0.15) is 0 Å². The van der Waals surface area contributed by atoms with Crippen LogP contribution in [0.3, 0.4) is 0 Å². The van der Waals surface area contributed by atoms with Crippen molar-refractivity contribution in [3.05, 3.63) is 80.5 Å². The Labute approximate surface area is 213 Å². The molecular formula is C28H26N4O3S. The first-order valence-corrected chi connectivity index (χ1v) is 12.7. The molecule has 1 N–H and O–H groups in total. The van der Waals surface area contributed by atoms with Crippen LogP contribution in [0.15, 0.2) is 46.7 Å². The molecule has 0 fully saturated rings. The maximum absolute atomic E-state index is 13.3. The van der Waals surface area contributed by atoms with Crippen molar-refractivity contribution < 1.29 is 9.90 Å². The van der Waals surface area contributed by atoms with Crippen molar-refractivity contribution in [1.29, 1.82) is 0 Å². The van der Waals surface area contributed by atoms with E-state index in [2.05, 4.69) is 21.7 Å². The molecule has 1 aliphatic rings. The Morgan fingerprint density at radius 3 is 2.83 bits per heavy atom. The van der Waals surface area contributed by atoms with Crippen LogP contribution in [0.4, 0.5) is 0 Å². The zero-order chi connectivity index (χ0) is 25.4. The van der Waals surface area contributed by atoms with Gasteiger partial charge in [0.1, 0.15) is 5.82 Å². The average Bonchev–Trinajstić information content (AvgIpc) is 3.31. The zero-order valence-electron chi connectivity index (χ0n) is 20.4. The Bertz CT molecular complexity index is 1610. The highest BCUT2D eigenvalue weighted by Gasteiger charge is 2.25. The molecule has 36 heavy (non-hydrogen) atoms. The molecule has 1 aliphatic carbocycles. The smallest absolute Gasteiger partial charge is 0.338 e. The van der Waals surface area contributed by atoms with Crippen LogP contribution < -0.4 is 5.56 Å². The number of hydrogen-bond donors (Lipinski definition) is 1. The largest absolute Gasteiger partial charge is 0.478 e. The maximum atomic E-state index is 13.3. The second-order valence-electron chi connectivity index (χ2n) is 9.17. The van der Waals surface area contributed by atoms with Crippen LogP contribution in [0, 0.1) is 18.8 Å². The van der Waals surface area contributed by atoms with E-state index in [4.69, 9.17) is 4.98 Å². The number of carboxylic acid groups (broad SMARTS) is 1. The van der Waals surface area contributed by atoms with Gasteiger partial charge < -0.3 is 10.0 Å². The van der Waals surface area contributed by atoms with E-state index in [-0.39, 0.29) is 17.7 Å². The summed E-state index contributed by atoms with van der Waals surface area (Å²) < 4.78 is 2.47. The fourth-order valence-electron chi connectivity index (χ4n) is 4.77. The van der Waals surface area contributed by atoms with Gasteiger partial charge in [-0.3, -0.25) is 14.3 Å². The third kappa shape index (κ3) is 4.32. The van der Waals surface area contributed by atoms with Gasteiger partial charge in [-0.1, -0.05) is 30.0 Å². The summed E-state index contributed by atoms with van der Waals surface area (Å²) in [5.74, 6) is 6.11. The molecule has 182 valence electrons. The van der Waals surface area contributed by atoms with Gasteiger partial charge in [0.05, 0.1) is 28.0 Å². The zero-order valence-corrected chi connectivity index (χ0v) is 21.2. The highest BCUT2D eigenvalue weighted by atomic mass is 32.1. The Hall–Kier alpha value is -3.80. The van der Waals surface area contributed by atoms with E-state index in [1.165, 1.54) is 11.3 Å². The average molecular weight is 499 g/mol. The third-order valence-corrected chi connectivity index (χ3v) is 7.79. The van der Waals surface area contributed by atoms with Crippen LogP contribution in [0.5, 0.6) is 0 Å². The molecule has 0 saturated carbocycles. The fourth-order valence-corrected chi connectivity index (χ4v) is 5.80. The van der Waals surface area contributed by atoms with Crippen LogP contribution in [-0.2, 0) is 19.4 Å². The molecule has 7 nitrogen and oxygen atoms in total. The number of carbonyl (C=O) groups is 1. The van der Waals surface area contributed by atoms with Crippen molar-refractivity contribution in [3.8, 4) is 23.0 Å². The molecule has 0 saturated heterocycles. The summed E-state index contributed by atoms with van der Waals surface area (Å²) in [7, 11) is 4.10. The summed E-state index contributed by atoms with van der Waals surface area (Å²) in [6, 6.07) is 9.98. The first kappa shape index (κ1) is 23.9. The fraction of sp³-hybridized carbons (Fsp3) is 0.286. The lowest BCUT2D eigenvalue weighted by Crippen LogP contribution is -2.39. The molecule has 5 rings (SSSR count). The standard InChI is InChI=1S/C28H26N4O3S/c1-17-30-24-11-10-19(31(2)3)15-22(24)27(33)32(17)14-6-8-18-7-4-5-9-20(18)21-12-13-29-25-23(28(34)35)16-36-26(21)25/h4-5,7,9,12-13,16,19H,10-11,14-15H2,1-3H3,(H,34,35). The Morgan fingerprint density at radius 2 is 2.06 bits per heavy atom. The number of aromatic nitrogens is 3.